The Morgan fingerprint density at radius 3 is 2.64 bits per heavy atom. The zero-order chi connectivity index (χ0) is 17.5. The first kappa shape index (κ1) is 21.0. The first-order valence-electron chi connectivity index (χ1n) is 7.43. The summed E-state index contributed by atoms with van der Waals surface area (Å²) in [6, 6.07) is 6.88. The Morgan fingerprint density at radius 2 is 2.00 bits per heavy atom. The van der Waals surface area contributed by atoms with Gasteiger partial charge in [-0.3, -0.25) is 9.59 Å². The summed E-state index contributed by atoms with van der Waals surface area (Å²) < 4.78 is 4.96. The van der Waals surface area contributed by atoms with E-state index in [1.807, 2.05) is 0 Å². The highest BCUT2D eigenvalue weighted by Crippen LogP contribution is 2.17. The molecule has 136 valence electrons. The summed E-state index contributed by atoms with van der Waals surface area (Å²) in [6.45, 7) is 2.15. The number of aromatic nitrogens is 1. The molecule has 2 aromatic rings. The maximum atomic E-state index is 12.2. The molecule has 1 aromatic carbocycles. The van der Waals surface area contributed by atoms with Crippen molar-refractivity contribution >= 4 is 46.9 Å². The molecule has 2 amide bonds. The zero-order valence-corrected chi connectivity index (χ0v) is 15.6. The number of nitrogens with one attached hydrogen (secondary N) is 2. The van der Waals surface area contributed by atoms with Crippen LogP contribution in [-0.2, 0) is 16.0 Å². The summed E-state index contributed by atoms with van der Waals surface area (Å²) in [4.78, 5) is 28.3. The molecule has 0 aliphatic carbocycles. The third kappa shape index (κ3) is 6.09. The molecule has 1 aromatic heterocycles. The molecule has 0 radical (unpaired) electrons. The van der Waals surface area contributed by atoms with E-state index in [1.165, 1.54) is 18.4 Å². The van der Waals surface area contributed by atoms with E-state index >= 15 is 0 Å². The molecular weight excluding hydrogens is 364 g/mol. The molecule has 0 spiro atoms. The number of nitrogens with zero attached hydrogens (tertiary/aromatic N) is 1. The molecule has 0 bridgehead atoms. The molecule has 0 aliphatic heterocycles. The molecule has 4 N–H and O–H groups in total. The van der Waals surface area contributed by atoms with Gasteiger partial charge in [-0.1, -0.05) is 6.07 Å². The van der Waals surface area contributed by atoms with Crippen molar-refractivity contribution in [3.8, 4) is 0 Å². The number of ether oxygens (including phenoxy) is 1. The Kier molecular flexibility index (Phi) is 8.50. The molecule has 0 fully saturated rings. The highest BCUT2D eigenvalue weighted by molar-refractivity contribution is 7.09. The van der Waals surface area contributed by atoms with Crippen molar-refractivity contribution in [1.29, 1.82) is 0 Å². The number of halogens is 1. The second-order valence-electron chi connectivity index (χ2n) is 5.07. The number of rotatable bonds is 7. The number of nitrogens with two attached hydrogens (primary N) is 1. The van der Waals surface area contributed by atoms with Gasteiger partial charge in [0.1, 0.15) is 11.8 Å². The van der Waals surface area contributed by atoms with Crippen molar-refractivity contribution in [3.05, 3.63) is 40.3 Å². The van der Waals surface area contributed by atoms with Crippen molar-refractivity contribution in [1.82, 2.24) is 4.98 Å². The van der Waals surface area contributed by atoms with Gasteiger partial charge in [0.2, 0.25) is 0 Å². The molecule has 1 atom stereocenters. The fraction of sp³-hybridized carbons (Fsp3) is 0.312. The average Bonchev–Trinajstić information content (AvgIpc) is 3.03. The van der Waals surface area contributed by atoms with Crippen LogP contribution in [0.3, 0.4) is 0 Å². The monoisotopic (exact) mass is 384 g/mol. The van der Waals surface area contributed by atoms with E-state index in [-0.39, 0.29) is 24.2 Å². The summed E-state index contributed by atoms with van der Waals surface area (Å²) in [6.07, 6.45) is 0.0937. The van der Waals surface area contributed by atoms with Gasteiger partial charge in [0.15, 0.2) is 0 Å². The van der Waals surface area contributed by atoms with Gasteiger partial charge in [0.25, 0.3) is 11.8 Å². The van der Waals surface area contributed by atoms with E-state index in [2.05, 4.69) is 15.6 Å². The lowest BCUT2D eigenvalue weighted by Gasteiger charge is -2.11. The number of thiazole rings is 1. The van der Waals surface area contributed by atoms with Crippen molar-refractivity contribution in [2.24, 2.45) is 5.73 Å². The van der Waals surface area contributed by atoms with Crippen LogP contribution in [0.25, 0.3) is 0 Å². The number of hydrogen-bond donors (Lipinski definition) is 3. The number of carbonyl (C=O) groups excluding carboxylic acids is 2. The lowest BCUT2D eigenvalue weighted by Crippen LogP contribution is -2.26. The first-order valence-corrected chi connectivity index (χ1v) is 8.31. The maximum absolute atomic E-state index is 12.2. The normalized spacial score (nSPS) is 11.3. The molecular formula is C16H21ClN4O3S. The molecule has 0 aliphatic rings. The average molecular weight is 385 g/mol. The smallest absolute Gasteiger partial charge is 0.275 e. The fourth-order valence-corrected chi connectivity index (χ4v) is 2.67. The summed E-state index contributed by atoms with van der Waals surface area (Å²) in [5.41, 5.74) is 6.97. The van der Waals surface area contributed by atoms with Crippen LogP contribution in [0.2, 0.25) is 0 Å². The van der Waals surface area contributed by atoms with Crippen LogP contribution in [0.1, 0.15) is 22.4 Å². The van der Waals surface area contributed by atoms with E-state index in [0.717, 1.165) is 5.01 Å². The van der Waals surface area contributed by atoms with Gasteiger partial charge in [0, 0.05) is 30.3 Å². The van der Waals surface area contributed by atoms with E-state index in [4.69, 9.17) is 10.5 Å². The Hall–Kier alpha value is -2.00. The van der Waals surface area contributed by atoms with E-state index in [1.54, 1.807) is 36.6 Å². The van der Waals surface area contributed by atoms with Crippen LogP contribution >= 0.6 is 23.7 Å². The topological polar surface area (TPSA) is 106 Å². The van der Waals surface area contributed by atoms with Crippen LogP contribution in [0.15, 0.2) is 29.6 Å². The van der Waals surface area contributed by atoms with Crippen molar-refractivity contribution in [3.63, 3.8) is 0 Å². The SMILES string of the molecule is COC(C)C(=O)Nc1cccc(NC(=O)c2csc(CCN)n2)c1.Cl. The highest BCUT2D eigenvalue weighted by atomic mass is 35.5. The number of amides is 2. The molecule has 0 saturated heterocycles. The minimum absolute atomic E-state index is 0. The van der Waals surface area contributed by atoms with Crippen LogP contribution < -0.4 is 16.4 Å². The third-order valence-electron chi connectivity index (χ3n) is 3.25. The first-order chi connectivity index (χ1) is 11.5. The lowest BCUT2D eigenvalue weighted by atomic mass is 10.2. The van der Waals surface area contributed by atoms with Crippen molar-refractivity contribution in [2.75, 3.05) is 24.3 Å². The lowest BCUT2D eigenvalue weighted by molar-refractivity contribution is -0.124. The van der Waals surface area contributed by atoms with Crippen LogP contribution in [0, 0.1) is 0 Å². The predicted molar refractivity (Wildman–Crippen MR) is 102 cm³/mol. The summed E-state index contributed by atoms with van der Waals surface area (Å²) in [5.74, 6) is -0.560. The maximum Gasteiger partial charge on any atom is 0.275 e. The number of hydrogen-bond acceptors (Lipinski definition) is 6. The minimum atomic E-state index is -0.556. The van der Waals surface area contributed by atoms with Crippen LogP contribution in [-0.4, -0.2) is 36.6 Å². The summed E-state index contributed by atoms with van der Waals surface area (Å²) in [5, 5.41) is 8.02. The second kappa shape index (κ2) is 10.1. The summed E-state index contributed by atoms with van der Waals surface area (Å²) in [7, 11) is 1.47. The number of anilines is 2. The predicted octanol–water partition coefficient (Wildman–Crippen LogP) is 2.29. The molecule has 1 unspecified atom stereocenters. The van der Waals surface area contributed by atoms with E-state index < -0.39 is 6.10 Å². The highest BCUT2D eigenvalue weighted by Gasteiger charge is 2.13. The van der Waals surface area contributed by atoms with Gasteiger partial charge in [-0.15, -0.1) is 23.7 Å². The Labute approximate surface area is 156 Å². The Bertz CT molecular complexity index is 723. The van der Waals surface area contributed by atoms with Crippen LogP contribution in [0.5, 0.6) is 0 Å². The zero-order valence-electron chi connectivity index (χ0n) is 13.9. The van der Waals surface area contributed by atoms with Crippen molar-refractivity contribution < 1.29 is 14.3 Å². The fourth-order valence-electron chi connectivity index (χ4n) is 1.87. The van der Waals surface area contributed by atoms with Gasteiger partial charge < -0.3 is 21.1 Å². The number of carbonyl (C=O) groups is 2. The van der Waals surface area contributed by atoms with E-state index in [9.17, 15) is 9.59 Å². The van der Waals surface area contributed by atoms with Crippen LogP contribution in [0.4, 0.5) is 11.4 Å². The molecule has 2 rings (SSSR count). The molecule has 7 nitrogen and oxygen atoms in total. The third-order valence-corrected chi connectivity index (χ3v) is 4.16. The summed E-state index contributed by atoms with van der Waals surface area (Å²) >= 11 is 1.41. The number of methoxy groups -OCH3 is 1. The van der Waals surface area contributed by atoms with Gasteiger partial charge in [-0.2, -0.15) is 0 Å². The molecule has 25 heavy (non-hydrogen) atoms. The quantitative estimate of drug-likeness (QED) is 0.679. The minimum Gasteiger partial charge on any atom is -0.372 e. The standard InChI is InChI=1S/C16H20N4O3S.ClH/c1-10(23-2)15(21)18-11-4-3-5-12(8-11)19-16(22)13-9-24-14(20-13)6-7-17;/h3-5,8-10H,6-7,17H2,1-2H3,(H,18,21)(H,19,22);1H. The molecule has 1 heterocycles. The van der Waals surface area contributed by atoms with Crippen molar-refractivity contribution in [2.45, 2.75) is 19.4 Å². The van der Waals surface area contributed by atoms with Gasteiger partial charge in [-0.25, -0.2) is 4.98 Å². The number of benzene rings is 1. The van der Waals surface area contributed by atoms with Gasteiger partial charge >= 0.3 is 0 Å². The van der Waals surface area contributed by atoms with Gasteiger partial charge in [-0.05, 0) is 31.7 Å². The van der Waals surface area contributed by atoms with Gasteiger partial charge in [0.05, 0.1) is 5.01 Å². The second-order valence-corrected chi connectivity index (χ2v) is 6.01. The molecule has 9 heteroatoms. The largest absolute Gasteiger partial charge is 0.372 e. The Balaban J connectivity index is 0.00000312. The molecule has 0 saturated carbocycles. The van der Waals surface area contributed by atoms with E-state index in [0.29, 0.717) is 30.0 Å². The Morgan fingerprint density at radius 1 is 1.32 bits per heavy atom.